The average molecular weight is 656 g/mol. The van der Waals surface area contributed by atoms with E-state index in [0.29, 0.717) is 44.6 Å². The smallest absolute Gasteiger partial charge is 0.344 e. The van der Waals surface area contributed by atoms with E-state index in [1.807, 2.05) is 7.05 Å². The third-order valence-corrected chi connectivity index (χ3v) is 8.72. The maximum absolute atomic E-state index is 15.4. The molecular formula is C33H40F3N7O4. The minimum Gasteiger partial charge on any atom is -0.344 e. The molecule has 3 N–H and O–H groups in total. The SMILES string of the molecule is CCC(=O)N[C@H](Cc1ccc(NC(=O)[C@@H](NC(=O)C(F)(F)c2ccc(C#N)nc2)C2CCCCC2)c(F)c1)C(=O)N1CCN(C)CC1. The number of nitriles is 1. The number of benzene rings is 1. The molecule has 1 saturated heterocycles. The number of amides is 4. The van der Waals surface area contributed by atoms with Crippen LogP contribution in [0.15, 0.2) is 36.5 Å². The van der Waals surface area contributed by atoms with Crippen LogP contribution in [0.2, 0.25) is 0 Å². The van der Waals surface area contributed by atoms with Crippen LogP contribution in [0.4, 0.5) is 18.9 Å². The molecular weight excluding hydrogens is 615 g/mol. The highest BCUT2D eigenvalue weighted by Crippen LogP contribution is 2.31. The van der Waals surface area contributed by atoms with Gasteiger partial charge in [0.25, 0.3) is 5.91 Å². The van der Waals surface area contributed by atoms with Crippen molar-refractivity contribution in [2.24, 2.45) is 5.92 Å². The van der Waals surface area contributed by atoms with Crippen LogP contribution in [0, 0.1) is 23.1 Å². The number of likely N-dealkylation sites (N-methyl/N-ethyl adjacent to an activating group) is 1. The van der Waals surface area contributed by atoms with Crippen molar-refractivity contribution in [3.05, 3.63) is 59.2 Å². The standard InChI is InChI=1S/C33H40F3N7O4/c1-3-28(44)39-27(31(46)43-15-13-42(2)14-16-43)18-21-9-12-26(25(34)17-21)40-30(45)29(22-7-5-4-6-8-22)41-32(47)33(35,36)23-10-11-24(19-37)38-20-23/h9-12,17,20,22,27,29H,3-8,13-16,18H2,1-2H3,(H,39,44)(H,40,45)(H,41,47)/t27-,29+/m1/s1. The van der Waals surface area contributed by atoms with Crippen molar-refractivity contribution in [2.75, 3.05) is 38.5 Å². The van der Waals surface area contributed by atoms with Crippen molar-refractivity contribution in [3.63, 3.8) is 0 Å². The molecule has 0 bridgehead atoms. The van der Waals surface area contributed by atoms with Crippen molar-refractivity contribution in [1.82, 2.24) is 25.4 Å². The van der Waals surface area contributed by atoms with Gasteiger partial charge in [-0.15, -0.1) is 0 Å². The molecule has 2 aromatic rings. The van der Waals surface area contributed by atoms with Crippen LogP contribution in [-0.2, 0) is 31.5 Å². The zero-order valence-corrected chi connectivity index (χ0v) is 26.5. The van der Waals surface area contributed by atoms with Crippen LogP contribution in [-0.4, -0.2) is 83.7 Å². The summed E-state index contributed by atoms with van der Waals surface area (Å²) in [5.41, 5.74) is -0.660. The molecule has 1 aromatic carbocycles. The maximum atomic E-state index is 15.4. The molecule has 4 amide bonds. The van der Waals surface area contributed by atoms with Crippen molar-refractivity contribution < 1.29 is 32.3 Å². The fourth-order valence-electron chi connectivity index (χ4n) is 5.85. The summed E-state index contributed by atoms with van der Waals surface area (Å²) in [5.74, 6) is -8.47. The number of alkyl halides is 2. The van der Waals surface area contributed by atoms with Crippen molar-refractivity contribution in [2.45, 2.75) is 69.9 Å². The van der Waals surface area contributed by atoms with Crippen molar-refractivity contribution >= 4 is 29.3 Å². The number of carbonyl (C=O) groups excluding carboxylic acids is 4. The Kier molecular flexibility index (Phi) is 11.9. The highest BCUT2D eigenvalue weighted by atomic mass is 19.3. The topological polar surface area (TPSA) is 148 Å². The van der Waals surface area contributed by atoms with E-state index in [0.717, 1.165) is 43.7 Å². The van der Waals surface area contributed by atoms with Gasteiger partial charge in [0, 0.05) is 50.8 Å². The van der Waals surface area contributed by atoms with Gasteiger partial charge in [0.05, 0.1) is 5.69 Å². The lowest BCUT2D eigenvalue weighted by Crippen LogP contribution is -2.54. The summed E-state index contributed by atoms with van der Waals surface area (Å²) in [7, 11) is 1.96. The number of hydrogen-bond donors (Lipinski definition) is 3. The lowest BCUT2D eigenvalue weighted by molar-refractivity contribution is -0.149. The van der Waals surface area contributed by atoms with Crippen LogP contribution in [0.3, 0.4) is 0 Å². The molecule has 2 aliphatic rings. The first kappa shape index (κ1) is 35.3. The zero-order chi connectivity index (χ0) is 34.1. The van der Waals surface area contributed by atoms with Gasteiger partial charge in [-0.05, 0) is 55.6 Å². The van der Waals surface area contributed by atoms with Gasteiger partial charge >= 0.3 is 5.92 Å². The molecule has 0 spiro atoms. The number of pyridine rings is 1. The molecule has 11 nitrogen and oxygen atoms in total. The Balaban J connectivity index is 1.49. The fraction of sp³-hybridized carbons (Fsp3) is 0.515. The van der Waals surface area contributed by atoms with Gasteiger partial charge in [0.15, 0.2) is 0 Å². The van der Waals surface area contributed by atoms with Crippen LogP contribution in [0.5, 0.6) is 0 Å². The van der Waals surface area contributed by atoms with E-state index < -0.39 is 47.1 Å². The van der Waals surface area contributed by atoms with E-state index in [4.69, 9.17) is 5.26 Å². The van der Waals surface area contributed by atoms with Crippen LogP contribution in [0.25, 0.3) is 0 Å². The van der Waals surface area contributed by atoms with Gasteiger partial charge in [-0.1, -0.05) is 32.3 Å². The number of nitrogens with one attached hydrogen (secondary N) is 3. The average Bonchev–Trinajstić information content (AvgIpc) is 3.08. The van der Waals surface area contributed by atoms with E-state index in [-0.39, 0.29) is 36.0 Å². The summed E-state index contributed by atoms with van der Waals surface area (Å²) in [6.45, 7) is 4.05. The number of nitrogens with zero attached hydrogens (tertiary/aromatic N) is 4. The second-order valence-electron chi connectivity index (χ2n) is 12.1. The highest BCUT2D eigenvalue weighted by molar-refractivity contribution is 5.98. The summed E-state index contributed by atoms with van der Waals surface area (Å²) in [5, 5.41) is 16.3. The molecule has 14 heteroatoms. The van der Waals surface area contributed by atoms with Crippen LogP contribution in [0.1, 0.15) is 62.3 Å². The van der Waals surface area contributed by atoms with Crippen molar-refractivity contribution in [3.8, 4) is 6.07 Å². The molecule has 4 rings (SSSR count). The Labute approximate surface area is 271 Å². The molecule has 47 heavy (non-hydrogen) atoms. The number of piperazine rings is 1. The lowest BCUT2D eigenvalue weighted by Gasteiger charge is -2.34. The predicted octanol–water partition coefficient (Wildman–Crippen LogP) is 3.10. The molecule has 1 aromatic heterocycles. The first-order valence-electron chi connectivity index (χ1n) is 15.8. The van der Waals surface area contributed by atoms with Gasteiger partial charge in [0.1, 0.15) is 29.7 Å². The highest BCUT2D eigenvalue weighted by Gasteiger charge is 2.44. The normalized spacial score (nSPS) is 17.2. The molecule has 1 aliphatic carbocycles. The summed E-state index contributed by atoms with van der Waals surface area (Å²) < 4.78 is 45.6. The Morgan fingerprint density at radius 3 is 2.34 bits per heavy atom. The first-order chi connectivity index (χ1) is 22.4. The molecule has 0 unspecified atom stereocenters. The molecule has 0 radical (unpaired) electrons. The number of halogens is 3. The maximum Gasteiger partial charge on any atom is 0.351 e. The molecule has 252 valence electrons. The molecule has 2 atom stereocenters. The van der Waals surface area contributed by atoms with Gasteiger partial charge in [0.2, 0.25) is 17.7 Å². The lowest BCUT2D eigenvalue weighted by atomic mass is 9.83. The second kappa shape index (κ2) is 15.9. The predicted molar refractivity (Wildman–Crippen MR) is 166 cm³/mol. The minimum absolute atomic E-state index is 0.0160. The summed E-state index contributed by atoms with van der Waals surface area (Å²) in [6.07, 6.45) is 4.33. The molecule has 2 heterocycles. The van der Waals surface area contributed by atoms with Crippen LogP contribution >= 0.6 is 0 Å². The molecule has 1 aliphatic heterocycles. The third kappa shape index (κ3) is 9.06. The van der Waals surface area contributed by atoms with E-state index in [1.54, 1.807) is 17.9 Å². The van der Waals surface area contributed by atoms with E-state index >= 15 is 13.2 Å². The van der Waals surface area contributed by atoms with Crippen LogP contribution < -0.4 is 16.0 Å². The van der Waals surface area contributed by atoms with E-state index in [1.165, 1.54) is 12.1 Å². The number of rotatable bonds is 11. The molecule has 1 saturated carbocycles. The van der Waals surface area contributed by atoms with E-state index in [2.05, 4.69) is 25.8 Å². The van der Waals surface area contributed by atoms with Gasteiger partial charge in [-0.3, -0.25) is 19.2 Å². The van der Waals surface area contributed by atoms with Crippen molar-refractivity contribution in [1.29, 1.82) is 5.26 Å². The van der Waals surface area contributed by atoms with Gasteiger partial charge < -0.3 is 25.8 Å². The number of aromatic nitrogens is 1. The summed E-state index contributed by atoms with van der Waals surface area (Å²) in [6, 6.07) is 5.40. The summed E-state index contributed by atoms with van der Waals surface area (Å²) >= 11 is 0. The Bertz CT molecular complexity index is 1480. The third-order valence-electron chi connectivity index (χ3n) is 8.72. The second-order valence-corrected chi connectivity index (χ2v) is 12.1. The quantitative estimate of drug-likeness (QED) is 0.337. The van der Waals surface area contributed by atoms with Gasteiger partial charge in [-0.2, -0.15) is 14.0 Å². The fourth-order valence-corrected chi connectivity index (χ4v) is 5.85. The van der Waals surface area contributed by atoms with E-state index in [9.17, 15) is 19.2 Å². The Morgan fingerprint density at radius 1 is 1.04 bits per heavy atom. The Hall–Kier alpha value is -4.51. The summed E-state index contributed by atoms with van der Waals surface area (Å²) in [4.78, 5) is 59.2. The zero-order valence-electron chi connectivity index (χ0n) is 26.5. The number of anilines is 1. The minimum atomic E-state index is -4.05. The largest absolute Gasteiger partial charge is 0.351 e. The molecule has 2 fully saturated rings. The Morgan fingerprint density at radius 2 is 1.74 bits per heavy atom. The first-order valence-corrected chi connectivity index (χ1v) is 15.8. The number of hydrogen-bond acceptors (Lipinski definition) is 7. The monoisotopic (exact) mass is 655 g/mol. The van der Waals surface area contributed by atoms with Gasteiger partial charge in [-0.25, -0.2) is 9.37 Å². The number of carbonyl (C=O) groups is 4.